The van der Waals surface area contributed by atoms with Crippen molar-refractivity contribution in [1.82, 2.24) is 9.97 Å². The van der Waals surface area contributed by atoms with Gasteiger partial charge in [0, 0.05) is 23.4 Å². The minimum absolute atomic E-state index is 0.0337. The monoisotopic (exact) mass is 594 g/mol. The van der Waals surface area contributed by atoms with Crippen molar-refractivity contribution in [2.75, 3.05) is 20.2 Å². The first-order valence-electron chi connectivity index (χ1n) is 9.94. The van der Waals surface area contributed by atoms with Crippen LogP contribution in [-0.4, -0.2) is 44.1 Å². The molecule has 2 heterocycles. The molecule has 35 heavy (non-hydrogen) atoms. The smallest absolute Gasteiger partial charge is 0.468 e. The topological polar surface area (TPSA) is 96.8 Å². The molecule has 4 rings (SSSR count). The van der Waals surface area contributed by atoms with Gasteiger partial charge in [-0.05, 0) is 35.4 Å². The lowest BCUT2D eigenvalue weighted by Gasteiger charge is -2.27. The van der Waals surface area contributed by atoms with Crippen molar-refractivity contribution < 1.29 is 40.0 Å². The Balaban J connectivity index is 1.77. The Morgan fingerprint density at radius 1 is 1.26 bits per heavy atom. The molecule has 1 aliphatic heterocycles. The molecule has 1 aliphatic rings. The van der Waals surface area contributed by atoms with Crippen LogP contribution >= 0.6 is 27.7 Å². The number of fused-ring (bicyclic) bond motifs is 2. The molecule has 1 aromatic heterocycles. The molecule has 0 saturated heterocycles. The van der Waals surface area contributed by atoms with Gasteiger partial charge < -0.3 is 18.4 Å². The molecule has 2 aromatic carbocycles. The van der Waals surface area contributed by atoms with Gasteiger partial charge in [-0.1, -0.05) is 39.8 Å². The normalized spacial score (nSPS) is 16.2. The van der Waals surface area contributed by atoms with Crippen LogP contribution in [0, 0.1) is 0 Å². The minimum atomic E-state index is -5.91. The van der Waals surface area contributed by atoms with Crippen molar-refractivity contribution in [2.24, 2.45) is 0 Å². The van der Waals surface area contributed by atoms with Gasteiger partial charge in [0.15, 0.2) is 11.9 Å². The van der Waals surface area contributed by atoms with Crippen molar-refractivity contribution in [1.29, 1.82) is 0 Å². The van der Waals surface area contributed by atoms with E-state index in [1.54, 1.807) is 12.3 Å². The summed E-state index contributed by atoms with van der Waals surface area (Å²) in [6.07, 6.45) is 1.19. The van der Waals surface area contributed by atoms with Crippen LogP contribution in [0.2, 0.25) is 0 Å². The van der Waals surface area contributed by atoms with Gasteiger partial charge in [0.1, 0.15) is 5.75 Å². The van der Waals surface area contributed by atoms with E-state index in [9.17, 15) is 21.6 Å². The predicted molar refractivity (Wildman–Crippen MR) is 125 cm³/mol. The van der Waals surface area contributed by atoms with Crippen LogP contribution in [0.3, 0.4) is 0 Å². The molecule has 0 bridgehead atoms. The third-order valence-electron chi connectivity index (χ3n) is 5.12. The summed E-state index contributed by atoms with van der Waals surface area (Å²) in [6, 6.07) is 9.30. The third kappa shape index (κ3) is 5.35. The molecule has 0 fully saturated rings. The van der Waals surface area contributed by atoms with Crippen LogP contribution in [0.1, 0.15) is 22.9 Å². The first-order valence-corrected chi connectivity index (χ1v) is 13.4. The second-order valence-corrected chi connectivity index (χ2v) is 10.5. The van der Waals surface area contributed by atoms with E-state index in [1.807, 2.05) is 24.3 Å². The Bertz CT molecular complexity index is 1370. The van der Waals surface area contributed by atoms with Gasteiger partial charge in [-0.15, -0.1) is 0 Å². The van der Waals surface area contributed by atoms with Crippen molar-refractivity contribution in [2.45, 2.75) is 29.8 Å². The molecule has 0 spiro atoms. The number of nitrogens with zero attached hydrogens (tertiary/aromatic N) is 2. The Hall–Kier alpha value is -2.13. The van der Waals surface area contributed by atoms with Gasteiger partial charge in [-0.2, -0.15) is 26.6 Å². The van der Waals surface area contributed by atoms with E-state index in [0.717, 1.165) is 32.6 Å². The third-order valence-corrected chi connectivity index (χ3v) is 7.27. The van der Waals surface area contributed by atoms with Gasteiger partial charge in [0.25, 0.3) is 0 Å². The van der Waals surface area contributed by atoms with Crippen LogP contribution in [0.5, 0.6) is 11.6 Å². The van der Waals surface area contributed by atoms with E-state index in [4.69, 9.17) is 14.2 Å². The molecule has 1 unspecified atom stereocenters. The fourth-order valence-electron chi connectivity index (χ4n) is 3.58. The number of aromatic nitrogens is 2. The highest BCUT2D eigenvalue weighted by Gasteiger charge is 2.49. The number of ether oxygens (including phenoxy) is 3. The molecule has 0 radical (unpaired) electrons. The summed E-state index contributed by atoms with van der Waals surface area (Å²) < 4.78 is 83.7. The molecule has 0 aliphatic carbocycles. The Kier molecular flexibility index (Phi) is 7.48. The molecular formula is C21H18BrF3N2O6S2. The second-order valence-electron chi connectivity index (χ2n) is 7.33. The standard InChI is InChI=1S/C21H18BrF3N2O6S2/c1-30-10-32-12-6-11-4-3-5-15(22)18(11)13(7-12)17-8-16-14(9-31-17)19(27-20(26-16)34-2)33-35(28,29)21(23,24)25/h3-7,17H,8-10H2,1-2H3. The summed E-state index contributed by atoms with van der Waals surface area (Å²) in [4.78, 5) is 8.23. The zero-order valence-corrected chi connectivity index (χ0v) is 21.5. The molecule has 0 saturated carbocycles. The fourth-order valence-corrected chi connectivity index (χ4v) is 5.01. The average Bonchev–Trinajstić information content (AvgIpc) is 2.80. The van der Waals surface area contributed by atoms with E-state index in [2.05, 4.69) is 30.1 Å². The van der Waals surface area contributed by atoms with E-state index in [1.165, 1.54) is 7.11 Å². The predicted octanol–water partition coefficient (Wildman–Crippen LogP) is 5.14. The van der Waals surface area contributed by atoms with Crippen LogP contribution in [-0.2, 0) is 32.6 Å². The van der Waals surface area contributed by atoms with Gasteiger partial charge >= 0.3 is 15.6 Å². The quantitative estimate of drug-likeness (QED) is 0.121. The van der Waals surface area contributed by atoms with Crippen LogP contribution in [0.4, 0.5) is 13.2 Å². The highest BCUT2D eigenvalue weighted by atomic mass is 79.9. The van der Waals surface area contributed by atoms with Crippen LogP contribution in [0.25, 0.3) is 10.8 Å². The van der Waals surface area contributed by atoms with Crippen molar-refractivity contribution in [3.8, 4) is 11.6 Å². The van der Waals surface area contributed by atoms with Gasteiger partial charge in [-0.25, -0.2) is 4.98 Å². The first kappa shape index (κ1) is 25.9. The summed E-state index contributed by atoms with van der Waals surface area (Å²) >= 11 is 4.61. The maximum atomic E-state index is 12.9. The lowest BCUT2D eigenvalue weighted by molar-refractivity contribution is -0.0503. The summed E-state index contributed by atoms with van der Waals surface area (Å²) in [5.41, 5.74) is -4.48. The second kappa shape index (κ2) is 10.1. The number of hydrogen-bond acceptors (Lipinski definition) is 9. The van der Waals surface area contributed by atoms with Crippen LogP contribution in [0.15, 0.2) is 40.0 Å². The average molecular weight is 595 g/mol. The maximum Gasteiger partial charge on any atom is 0.534 e. The van der Waals surface area contributed by atoms with Gasteiger partial charge in [0.2, 0.25) is 5.88 Å². The lowest BCUT2D eigenvalue weighted by Crippen LogP contribution is -2.29. The summed E-state index contributed by atoms with van der Waals surface area (Å²) in [5.74, 6) is -0.159. The first-order chi connectivity index (χ1) is 16.5. The van der Waals surface area contributed by atoms with Crippen LogP contribution < -0.4 is 8.92 Å². The van der Waals surface area contributed by atoms with Gasteiger partial charge in [-0.3, -0.25) is 0 Å². The van der Waals surface area contributed by atoms with E-state index < -0.39 is 27.6 Å². The molecule has 0 N–H and O–H groups in total. The lowest BCUT2D eigenvalue weighted by atomic mass is 9.94. The molecule has 0 amide bonds. The molecule has 14 heteroatoms. The fraction of sp³-hybridized carbons (Fsp3) is 0.333. The molecule has 1 atom stereocenters. The Morgan fingerprint density at radius 2 is 2.03 bits per heavy atom. The van der Waals surface area contributed by atoms with E-state index in [0.29, 0.717) is 11.4 Å². The molecule has 3 aromatic rings. The summed E-state index contributed by atoms with van der Waals surface area (Å²) in [5, 5.41) is 1.80. The number of thioether (sulfide) groups is 1. The van der Waals surface area contributed by atoms with E-state index in [-0.39, 0.29) is 30.5 Å². The molecular weight excluding hydrogens is 577 g/mol. The largest absolute Gasteiger partial charge is 0.534 e. The van der Waals surface area contributed by atoms with Crippen molar-refractivity contribution in [3.05, 3.63) is 51.6 Å². The SMILES string of the molecule is COCOc1cc(C2Cc3nc(SC)nc(OS(=O)(=O)C(F)(F)F)c3CO2)c2c(Br)cccc2c1. The number of benzene rings is 2. The summed E-state index contributed by atoms with van der Waals surface area (Å²) in [6.45, 7) is -0.224. The zero-order valence-electron chi connectivity index (χ0n) is 18.3. The summed E-state index contributed by atoms with van der Waals surface area (Å²) in [7, 11) is -4.41. The maximum absolute atomic E-state index is 12.9. The minimum Gasteiger partial charge on any atom is -0.468 e. The Morgan fingerprint density at radius 3 is 2.71 bits per heavy atom. The zero-order chi connectivity index (χ0) is 25.4. The Labute approximate surface area is 211 Å². The number of hydrogen-bond donors (Lipinski definition) is 0. The highest BCUT2D eigenvalue weighted by Crippen LogP contribution is 2.41. The van der Waals surface area contributed by atoms with E-state index >= 15 is 0 Å². The van der Waals surface area contributed by atoms with Crippen molar-refractivity contribution >= 4 is 48.6 Å². The van der Waals surface area contributed by atoms with Crippen molar-refractivity contribution in [3.63, 3.8) is 0 Å². The number of methoxy groups -OCH3 is 1. The number of rotatable bonds is 7. The molecule has 188 valence electrons. The molecule has 8 nitrogen and oxygen atoms in total. The number of halogens is 4. The van der Waals surface area contributed by atoms with Gasteiger partial charge in [0.05, 0.1) is 24.0 Å². The number of alkyl halides is 3. The highest BCUT2D eigenvalue weighted by molar-refractivity contribution is 9.10.